The largest absolute Gasteiger partial charge is 0.494 e. The molecule has 3 rings (SSSR count). The number of nitrogens with zero attached hydrogens (tertiary/aromatic N) is 3. The van der Waals surface area contributed by atoms with Gasteiger partial charge in [0.05, 0.1) is 22.4 Å². The molecule has 0 aliphatic rings. The van der Waals surface area contributed by atoms with Crippen molar-refractivity contribution in [3.05, 3.63) is 69.0 Å². The molecule has 0 radical (unpaired) electrons. The van der Waals surface area contributed by atoms with Gasteiger partial charge < -0.3 is 4.74 Å². The van der Waals surface area contributed by atoms with Gasteiger partial charge in [-0.2, -0.15) is 0 Å². The van der Waals surface area contributed by atoms with Crippen molar-refractivity contribution in [2.24, 2.45) is 0 Å². The van der Waals surface area contributed by atoms with Crippen LogP contribution in [0.5, 0.6) is 5.75 Å². The molecule has 0 aliphatic carbocycles. The minimum Gasteiger partial charge on any atom is -0.494 e. The third kappa shape index (κ3) is 4.46. The molecule has 2 aromatic carbocycles. The number of hydrogen-bond donors (Lipinski definition) is 0. The normalized spacial score (nSPS) is 10.9. The Morgan fingerprint density at radius 2 is 1.93 bits per heavy atom. The SMILES string of the molecule is CCn1c(SCCCOc2ccc([N+](=O)[O-])cc2)nc2ccccc2c1=O. The summed E-state index contributed by atoms with van der Waals surface area (Å²) in [6.45, 7) is 2.98. The maximum Gasteiger partial charge on any atom is 0.269 e. The number of aromatic nitrogens is 2. The van der Waals surface area contributed by atoms with Crippen LogP contribution >= 0.6 is 11.8 Å². The molecule has 0 fully saturated rings. The van der Waals surface area contributed by atoms with Crippen LogP contribution in [0, 0.1) is 10.1 Å². The highest BCUT2D eigenvalue weighted by atomic mass is 32.2. The van der Waals surface area contributed by atoms with Gasteiger partial charge in [-0.25, -0.2) is 4.98 Å². The van der Waals surface area contributed by atoms with E-state index in [1.807, 2.05) is 25.1 Å². The molecule has 3 aromatic rings. The molecule has 0 amide bonds. The second-order valence-corrected chi connectivity index (χ2v) is 6.82. The molecular formula is C19H19N3O4S. The lowest BCUT2D eigenvalue weighted by Crippen LogP contribution is -2.22. The summed E-state index contributed by atoms with van der Waals surface area (Å²) in [7, 11) is 0. The van der Waals surface area contributed by atoms with E-state index in [1.54, 1.807) is 22.8 Å². The van der Waals surface area contributed by atoms with Crippen LogP contribution in [-0.2, 0) is 6.54 Å². The molecule has 0 spiro atoms. The van der Waals surface area contributed by atoms with Crippen molar-refractivity contribution in [1.82, 2.24) is 9.55 Å². The summed E-state index contributed by atoms with van der Waals surface area (Å²) in [4.78, 5) is 27.4. The van der Waals surface area contributed by atoms with Crippen LogP contribution in [0.25, 0.3) is 10.9 Å². The Bertz CT molecular complexity index is 1000. The van der Waals surface area contributed by atoms with Crippen LogP contribution in [0.4, 0.5) is 5.69 Å². The average Bonchev–Trinajstić information content (AvgIpc) is 2.68. The monoisotopic (exact) mass is 385 g/mol. The van der Waals surface area contributed by atoms with E-state index in [9.17, 15) is 14.9 Å². The second kappa shape index (κ2) is 8.68. The van der Waals surface area contributed by atoms with Gasteiger partial charge in [-0.05, 0) is 37.6 Å². The molecule has 140 valence electrons. The molecule has 1 heterocycles. The lowest BCUT2D eigenvalue weighted by Gasteiger charge is -2.11. The van der Waals surface area contributed by atoms with Gasteiger partial charge in [0.25, 0.3) is 11.2 Å². The van der Waals surface area contributed by atoms with E-state index < -0.39 is 4.92 Å². The summed E-state index contributed by atoms with van der Waals surface area (Å²) in [6, 6.07) is 13.4. The number of para-hydroxylation sites is 1. The van der Waals surface area contributed by atoms with Gasteiger partial charge >= 0.3 is 0 Å². The van der Waals surface area contributed by atoms with Crippen molar-refractivity contribution in [3.8, 4) is 5.75 Å². The van der Waals surface area contributed by atoms with E-state index in [2.05, 4.69) is 4.98 Å². The highest BCUT2D eigenvalue weighted by Gasteiger charge is 2.10. The number of non-ortho nitro benzene ring substituents is 1. The molecule has 0 aliphatic heterocycles. The Labute approximate surface area is 160 Å². The Morgan fingerprint density at radius 1 is 1.19 bits per heavy atom. The Kier molecular flexibility index (Phi) is 6.08. The topological polar surface area (TPSA) is 87.3 Å². The molecule has 0 unspecified atom stereocenters. The van der Waals surface area contributed by atoms with E-state index in [1.165, 1.54) is 23.9 Å². The van der Waals surface area contributed by atoms with Crippen LogP contribution in [0.15, 0.2) is 58.5 Å². The average molecular weight is 385 g/mol. The zero-order valence-electron chi connectivity index (χ0n) is 14.8. The third-order valence-electron chi connectivity index (χ3n) is 3.98. The standard InChI is InChI=1S/C19H19N3O4S/c1-2-21-18(23)16-6-3-4-7-17(16)20-19(21)27-13-5-12-26-15-10-8-14(9-11-15)22(24)25/h3-4,6-11H,2,5,12-13H2,1H3. The molecule has 0 N–H and O–H groups in total. The van der Waals surface area contributed by atoms with Crippen LogP contribution < -0.4 is 10.3 Å². The van der Waals surface area contributed by atoms with Crippen molar-refractivity contribution >= 4 is 28.4 Å². The number of ether oxygens (including phenoxy) is 1. The quantitative estimate of drug-likeness (QED) is 0.192. The maximum absolute atomic E-state index is 12.6. The molecule has 0 atom stereocenters. The molecule has 0 bridgehead atoms. The summed E-state index contributed by atoms with van der Waals surface area (Å²) >= 11 is 1.52. The number of benzene rings is 2. The molecule has 0 saturated heterocycles. The van der Waals surface area contributed by atoms with Crippen molar-refractivity contribution in [2.75, 3.05) is 12.4 Å². The number of nitro benzene ring substituents is 1. The smallest absolute Gasteiger partial charge is 0.269 e. The Morgan fingerprint density at radius 3 is 2.63 bits per heavy atom. The van der Waals surface area contributed by atoms with E-state index >= 15 is 0 Å². The fraction of sp³-hybridized carbons (Fsp3) is 0.263. The zero-order chi connectivity index (χ0) is 19.2. The number of rotatable bonds is 8. The molecule has 1 aromatic heterocycles. The maximum atomic E-state index is 12.6. The van der Waals surface area contributed by atoms with Crippen molar-refractivity contribution in [1.29, 1.82) is 0 Å². The van der Waals surface area contributed by atoms with Gasteiger partial charge in [-0.1, -0.05) is 23.9 Å². The van der Waals surface area contributed by atoms with Crippen molar-refractivity contribution in [2.45, 2.75) is 25.0 Å². The van der Waals surface area contributed by atoms with Crippen molar-refractivity contribution < 1.29 is 9.66 Å². The summed E-state index contributed by atoms with van der Waals surface area (Å²) < 4.78 is 7.29. The van der Waals surface area contributed by atoms with Crippen LogP contribution in [0.1, 0.15) is 13.3 Å². The number of fused-ring (bicyclic) bond motifs is 1. The second-order valence-electron chi connectivity index (χ2n) is 5.76. The van der Waals surface area contributed by atoms with Crippen LogP contribution in [0.2, 0.25) is 0 Å². The zero-order valence-corrected chi connectivity index (χ0v) is 15.6. The first kappa shape index (κ1) is 18.9. The summed E-state index contributed by atoms with van der Waals surface area (Å²) in [5.41, 5.74) is 0.724. The molecule has 27 heavy (non-hydrogen) atoms. The Balaban J connectivity index is 1.57. The molecule has 8 heteroatoms. The van der Waals surface area contributed by atoms with Gasteiger partial charge in [0.15, 0.2) is 5.16 Å². The molecule has 0 saturated carbocycles. The van der Waals surface area contributed by atoms with Gasteiger partial charge in [0, 0.05) is 24.4 Å². The lowest BCUT2D eigenvalue weighted by molar-refractivity contribution is -0.384. The van der Waals surface area contributed by atoms with Crippen molar-refractivity contribution in [3.63, 3.8) is 0 Å². The molecule has 7 nitrogen and oxygen atoms in total. The van der Waals surface area contributed by atoms with E-state index in [0.29, 0.717) is 35.0 Å². The van der Waals surface area contributed by atoms with Gasteiger partial charge in [-0.3, -0.25) is 19.5 Å². The van der Waals surface area contributed by atoms with Gasteiger partial charge in [0.1, 0.15) is 5.75 Å². The van der Waals surface area contributed by atoms with E-state index in [4.69, 9.17) is 4.74 Å². The Hall–Kier alpha value is -2.87. The summed E-state index contributed by atoms with van der Waals surface area (Å²) in [5.74, 6) is 1.34. The molecular weight excluding hydrogens is 366 g/mol. The lowest BCUT2D eigenvalue weighted by atomic mass is 10.2. The predicted molar refractivity (Wildman–Crippen MR) is 106 cm³/mol. The highest BCUT2D eigenvalue weighted by Crippen LogP contribution is 2.20. The minimum atomic E-state index is -0.440. The number of nitro groups is 1. The first-order valence-electron chi connectivity index (χ1n) is 8.59. The van der Waals surface area contributed by atoms with Crippen LogP contribution in [-0.4, -0.2) is 26.8 Å². The fourth-order valence-corrected chi connectivity index (χ4v) is 3.59. The van der Waals surface area contributed by atoms with Gasteiger partial charge in [-0.15, -0.1) is 0 Å². The van der Waals surface area contributed by atoms with E-state index in [-0.39, 0.29) is 11.2 Å². The first-order chi connectivity index (χ1) is 13.1. The van der Waals surface area contributed by atoms with Crippen LogP contribution in [0.3, 0.4) is 0 Å². The highest BCUT2D eigenvalue weighted by molar-refractivity contribution is 7.99. The summed E-state index contributed by atoms with van der Waals surface area (Å²) in [5, 5.41) is 12.0. The minimum absolute atomic E-state index is 0.0206. The number of hydrogen-bond acceptors (Lipinski definition) is 6. The first-order valence-corrected chi connectivity index (χ1v) is 9.58. The number of thioether (sulfide) groups is 1. The third-order valence-corrected chi connectivity index (χ3v) is 5.04. The van der Waals surface area contributed by atoms with Gasteiger partial charge in [0.2, 0.25) is 0 Å². The fourth-order valence-electron chi connectivity index (χ4n) is 2.61. The predicted octanol–water partition coefficient (Wildman–Crippen LogP) is 3.89. The van der Waals surface area contributed by atoms with E-state index in [0.717, 1.165) is 12.2 Å². The summed E-state index contributed by atoms with van der Waals surface area (Å²) in [6.07, 6.45) is 0.758.